The third kappa shape index (κ3) is 5.81. The first-order valence-electron chi connectivity index (χ1n) is 10.1. The van der Waals surface area contributed by atoms with Gasteiger partial charge in [0.1, 0.15) is 17.4 Å². The Morgan fingerprint density at radius 2 is 1.59 bits per heavy atom. The molecular weight excluding hydrogens is 403 g/mol. The SMILES string of the molecule is CCCC[Si@H]1CC[C@H](c2cc(F)c(-c3ccc(OC(F)(F)F)cc3)c(F)c2)CC1. The van der Waals surface area contributed by atoms with Crippen LogP contribution in [0.15, 0.2) is 36.4 Å². The summed E-state index contributed by atoms with van der Waals surface area (Å²) in [5.74, 6) is -1.62. The smallest absolute Gasteiger partial charge is 0.406 e. The molecule has 0 spiro atoms. The van der Waals surface area contributed by atoms with E-state index in [0.717, 1.165) is 25.0 Å². The Hall–Kier alpha value is -1.89. The molecule has 1 fully saturated rings. The summed E-state index contributed by atoms with van der Waals surface area (Å²) in [6, 6.07) is 11.1. The fourth-order valence-electron chi connectivity index (χ4n) is 4.20. The van der Waals surface area contributed by atoms with Crippen LogP contribution in [0.25, 0.3) is 11.1 Å². The second kappa shape index (κ2) is 9.28. The summed E-state index contributed by atoms with van der Waals surface area (Å²) in [6.07, 6.45) is -0.330. The minimum atomic E-state index is -4.81. The van der Waals surface area contributed by atoms with Crippen molar-refractivity contribution in [1.82, 2.24) is 0 Å². The summed E-state index contributed by atoms with van der Waals surface area (Å²) in [5, 5.41) is 0. The third-order valence-electron chi connectivity index (χ3n) is 5.73. The van der Waals surface area contributed by atoms with Crippen molar-refractivity contribution in [3.63, 3.8) is 0 Å². The lowest BCUT2D eigenvalue weighted by atomic mass is 9.91. The highest BCUT2D eigenvalue weighted by Gasteiger charge is 2.31. The van der Waals surface area contributed by atoms with Crippen LogP contribution in [0.5, 0.6) is 5.75 Å². The Morgan fingerprint density at radius 1 is 1.00 bits per heavy atom. The largest absolute Gasteiger partial charge is 0.573 e. The van der Waals surface area contributed by atoms with Crippen molar-refractivity contribution in [3.8, 4) is 16.9 Å². The molecule has 0 bridgehead atoms. The normalized spacial score (nSPS) is 19.9. The van der Waals surface area contributed by atoms with Gasteiger partial charge in [-0.25, -0.2) is 8.78 Å². The number of alkyl halides is 3. The summed E-state index contributed by atoms with van der Waals surface area (Å²) in [7, 11) is -0.689. The summed E-state index contributed by atoms with van der Waals surface area (Å²) < 4.78 is 70.0. The third-order valence-corrected chi connectivity index (χ3v) is 9.25. The van der Waals surface area contributed by atoms with Crippen molar-refractivity contribution in [2.45, 2.75) is 63.0 Å². The zero-order chi connectivity index (χ0) is 21.0. The summed E-state index contributed by atoms with van der Waals surface area (Å²) >= 11 is 0. The highest BCUT2D eigenvalue weighted by atomic mass is 28.3. The number of halogens is 5. The topological polar surface area (TPSA) is 9.23 Å². The van der Waals surface area contributed by atoms with Crippen LogP contribution < -0.4 is 4.74 Å². The first kappa shape index (κ1) is 21.8. The molecule has 0 unspecified atom stereocenters. The van der Waals surface area contributed by atoms with Crippen molar-refractivity contribution in [2.75, 3.05) is 0 Å². The molecule has 158 valence electrons. The average Bonchev–Trinajstić information content (AvgIpc) is 2.66. The Morgan fingerprint density at radius 3 is 2.10 bits per heavy atom. The molecule has 0 N–H and O–H groups in total. The van der Waals surface area contributed by atoms with Crippen molar-refractivity contribution in [3.05, 3.63) is 53.6 Å². The van der Waals surface area contributed by atoms with E-state index in [4.69, 9.17) is 0 Å². The Labute approximate surface area is 169 Å². The number of ether oxygens (including phenoxy) is 1. The molecule has 1 aliphatic rings. The molecule has 7 heteroatoms. The van der Waals surface area contributed by atoms with Crippen LogP contribution in [0.3, 0.4) is 0 Å². The summed E-state index contributed by atoms with van der Waals surface area (Å²) in [6.45, 7) is 2.20. The van der Waals surface area contributed by atoms with Gasteiger partial charge in [0.15, 0.2) is 0 Å². The van der Waals surface area contributed by atoms with Crippen molar-refractivity contribution in [1.29, 1.82) is 0 Å². The first-order valence-corrected chi connectivity index (χ1v) is 12.6. The van der Waals surface area contributed by atoms with E-state index in [1.54, 1.807) is 0 Å². The van der Waals surface area contributed by atoms with Gasteiger partial charge in [-0.15, -0.1) is 13.2 Å². The molecule has 0 amide bonds. The minimum Gasteiger partial charge on any atom is -0.406 e. The van der Waals surface area contributed by atoms with Gasteiger partial charge < -0.3 is 4.74 Å². The molecule has 0 saturated carbocycles. The maximum Gasteiger partial charge on any atom is 0.573 e. The fraction of sp³-hybridized carbons (Fsp3) is 0.455. The molecule has 1 saturated heterocycles. The van der Waals surface area contributed by atoms with Gasteiger partial charge in [0.25, 0.3) is 0 Å². The Balaban J connectivity index is 1.73. The van der Waals surface area contributed by atoms with Crippen LogP contribution in [0.2, 0.25) is 18.1 Å². The van der Waals surface area contributed by atoms with Gasteiger partial charge in [-0.3, -0.25) is 0 Å². The molecule has 1 heterocycles. The van der Waals surface area contributed by atoms with Crippen LogP contribution in [0, 0.1) is 11.6 Å². The van der Waals surface area contributed by atoms with Crippen LogP contribution in [0.4, 0.5) is 22.0 Å². The molecule has 0 atom stereocenters. The van der Waals surface area contributed by atoms with Gasteiger partial charge >= 0.3 is 6.36 Å². The second-order valence-corrected chi connectivity index (χ2v) is 11.3. The van der Waals surface area contributed by atoms with Crippen LogP contribution in [0.1, 0.15) is 44.1 Å². The lowest BCUT2D eigenvalue weighted by molar-refractivity contribution is -0.274. The van der Waals surface area contributed by atoms with Gasteiger partial charge in [0.05, 0.1) is 5.56 Å². The minimum absolute atomic E-state index is 0.178. The molecule has 0 radical (unpaired) electrons. The highest BCUT2D eigenvalue weighted by molar-refractivity contribution is 6.59. The van der Waals surface area contributed by atoms with E-state index in [9.17, 15) is 22.0 Å². The van der Waals surface area contributed by atoms with Crippen LogP contribution >= 0.6 is 0 Å². The van der Waals surface area contributed by atoms with E-state index in [2.05, 4.69) is 11.7 Å². The standard InChI is InChI=1S/C22H25F5OSi/c1-2-3-10-29-11-8-15(9-12-29)17-13-19(23)21(20(24)14-17)16-4-6-18(7-5-16)28-22(25,26)27/h4-7,13-15,29H,2-3,8-12H2,1H3/t15-,29-. The zero-order valence-corrected chi connectivity index (χ0v) is 17.5. The first-order chi connectivity index (χ1) is 13.8. The van der Waals surface area contributed by atoms with Gasteiger partial charge in [-0.2, -0.15) is 0 Å². The Kier molecular flexibility index (Phi) is 6.98. The quantitative estimate of drug-likeness (QED) is 0.343. The molecule has 0 aromatic heterocycles. The van der Waals surface area contributed by atoms with E-state index in [1.165, 1.54) is 55.2 Å². The molecule has 3 rings (SSSR count). The molecule has 1 aliphatic heterocycles. The van der Waals surface area contributed by atoms with Gasteiger partial charge in [-0.1, -0.05) is 50.0 Å². The molecular formula is C22H25F5OSi. The van der Waals surface area contributed by atoms with E-state index < -0.39 is 32.5 Å². The van der Waals surface area contributed by atoms with Gasteiger partial charge in [0, 0.05) is 8.80 Å². The van der Waals surface area contributed by atoms with Crippen molar-refractivity contribution in [2.24, 2.45) is 0 Å². The molecule has 1 nitrogen and oxygen atoms in total. The lowest BCUT2D eigenvalue weighted by Gasteiger charge is -2.28. The maximum absolute atomic E-state index is 14.7. The van der Waals surface area contributed by atoms with Crippen LogP contribution in [-0.4, -0.2) is 15.2 Å². The monoisotopic (exact) mass is 428 g/mol. The lowest BCUT2D eigenvalue weighted by Crippen LogP contribution is -2.20. The predicted octanol–water partition coefficient (Wildman–Crippen LogP) is 7.44. The average molecular weight is 429 g/mol. The maximum atomic E-state index is 14.7. The summed E-state index contributed by atoms with van der Waals surface area (Å²) in [5.41, 5.74) is 0.638. The molecule has 2 aromatic rings. The zero-order valence-electron chi connectivity index (χ0n) is 16.4. The van der Waals surface area contributed by atoms with Crippen molar-refractivity contribution >= 4 is 8.80 Å². The number of hydrogen-bond acceptors (Lipinski definition) is 1. The Bertz CT molecular complexity index is 788. The van der Waals surface area contributed by atoms with Crippen molar-refractivity contribution < 1.29 is 26.7 Å². The number of benzene rings is 2. The summed E-state index contributed by atoms with van der Waals surface area (Å²) in [4.78, 5) is 0. The van der Waals surface area contributed by atoms with E-state index >= 15 is 0 Å². The number of rotatable bonds is 6. The fourth-order valence-corrected chi connectivity index (χ4v) is 7.80. The molecule has 0 aliphatic carbocycles. The number of hydrogen-bond donors (Lipinski definition) is 0. The van der Waals surface area contributed by atoms with Crippen LogP contribution in [-0.2, 0) is 0 Å². The van der Waals surface area contributed by atoms with E-state index in [-0.39, 0.29) is 17.0 Å². The second-order valence-electron chi connectivity index (χ2n) is 7.79. The van der Waals surface area contributed by atoms with E-state index in [0.29, 0.717) is 5.56 Å². The highest BCUT2D eigenvalue weighted by Crippen LogP contribution is 2.38. The van der Waals surface area contributed by atoms with E-state index in [1.807, 2.05) is 0 Å². The molecule has 29 heavy (non-hydrogen) atoms. The number of unbranched alkanes of at least 4 members (excludes halogenated alkanes) is 1. The molecule has 2 aromatic carbocycles. The van der Waals surface area contributed by atoms with Gasteiger partial charge in [0.2, 0.25) is 0 Å². The predicted molar refractivity (Wildman–Crippen MR) is 107 cm³/mol. The van der Waals surface area contributed by atoms with Gasteiger partial charge in [-0.05, 0) is 54.2 Å².